The third-order valence-electron chi connectivity index (χ3n) is 4.87. The van der Waals surface area contributed by atoms with Gasteiger partial charge in [-0.05, 0) is 26.0 Å². The Hall–Kier alpha value is -1.99. The molecule has 2 aliphatic rings. The minimum atomic E-state index is 0.225. The van der Waals surface area contributed by atoms with Gasteiger partial charge in [0.25, 0.3) is 0 Å². The van der Waals surface area contributed by atoms with E-state index < -0.39 is 0 Å². The molecule has 27 heavy (non-hydrogen) atoms. The molecule has 3 rings (SSSR count). The van der Waals surface area contributed by atoms with E-state index in [2.05, 4.69) is 41.5 Å². The zero-order valence-corrected chi connectivity index (χ0v) is 16.7. The molecule has 0 saturated carbocycles. The van der Waals surface area contributed by atoms with E-state index in [1.807, 2.05) is 0 Å². The Bertz CT molecular complexity index is 644. The molecule has 150 valence electrons. The summed E-state index contributed by atoms with van der Waals surface area (Å²) < 4.78 is 16.8. The number of methoxy groups -OCH3 is 1. The molecule has 2 heterocycles. The molecule has 1 aromatic carbocycles. The standard InChI is InChI=1S/C20H32N4O3/c1-4-21-20(22-5-6-24-7-9-26-10-8-24)23-14-17-13-19-16(11-15(2)27-19)12-18(17)25-3/h12-13,15H,4-11,14H2,1-3H3,(H2,21,22,23). The van der Waals surface area contributed by atoms with Gasteiger partial charge >= 0.3 is 0 Å². The van der Waals surface area contributed by atoms with Crippen LogP contribution in [0.2, 0.25) is 0 Å². The molecule has 0 spiro atoms. The second-order valence-corrected chi connectivity index (χ2v) is 6.98. The number of guanidine groups is 1. The predicted octanol–water partition coefficient (Wildman–Crippen LogP) is 1.41. The van der Waals surface area contributed by atoms with Gasteiger partial charge in [-0.15, -0.1) is 0 Å². The van der Waals surface area contributed by atoms with Gasteiger partial charge in [-0.2, -0.15) is 0 Å². The van der Waals surface area contributed by atoms with Crippen LogP contribution < -0.4 is 20.1 Å². The highest BCUT2D eigenvalue weighted by Crippen LogP contribution is 2.35. The first-order valence-corrected chi connectivity index (χ1v) is 9.88. The lowest BCUT2D eigenvalue weighted by Crippen LogP contribution is -2.44. The van der Waals surface area contributed by atoms with Crippen molar-refractivity contribution in [2.24, 2.45) is 4.99 Å². The van der Waals surface area contributed by atoms with Crippen LogP contribution in [0, 0.1) is 0 Å². The molecule has 7 heteroatoms. The molecule has 0 amide bonds. The van der Waals surface area contributed by atoms with Gasteiger partial charge in [0.1, 0.15) is 17.6 Å². The number of aliphatic imine (C=N–C) groups is 1. The van der Waals surface area contributed by atoms with Gasteiger partial charge in [0.15, 0.2) is 5.96 Å². The summed E-state index contributed by atoms with van der Waals surface area (Å²) in [5.74, 6) is 2.65. The fourth-order valence-corrected chi connectivity index (χ4v) is 3.46. The van der Waals surface area contributed by atoms with Gasteiger partial charge in [-0.3, -0.25) is 4.90 Å². The fraction of sp³-hybridized carbons (Fsp3) is 0.650. The van der Waals surface area contributed by atoms with E-state index in [0.717, 1.165) is 75.4 Å². The van der Waals surface area contributed by atoms with Crippen molar-refractivity contribution in [3.05, 3.63) is 23.3 Å². The van der Waals surface area contributed by atoms with Crippen molar-refractivity contribution in [2.45, 2.75) is 32.9 Å². The summed E-state index contributed by atoms with van der Waals surface area (Å²) in [6.07, 6.45) is 1.16. The summed E-state index contributed by atoms with van der Waals surface area (Å²) >= 11 is 0. The van der Waals surface area contributed by atoms with Gasteiger partial charge in [0.2, 0.25) is 0 Å². The maximum absolute atomic E-state index is 5.88. The molecule has 0 aliphatic carbocycles. The Kier molecular flexibility index (Phi) is 7.18. The largest absolute Gasteiger partial charge is 0.496 e. The third-order valence-corrected chi connectivity index (χ3v) is 4.87. The van der Waals surface area contributed by atoms with Crippen molar-refractivity contribution in [2.75, 3.05) is 53.0 Å². The quantitative estimate of drug-likeness (QED) is 0.554. The minimum absolute atomic E-state index is 0.225. The Morgan fingerprint density at radius 1 is 1.30 bits per heavy atom. The lowest BCUT2D eigenvalue weighted by molar-refractivity contribution is 0.0389. The van der Waals surface area contributed by atoms with Crippen molar-refractivity contribution < 1.29 is 14.2 Å². The number of nitrogens with zero attached hydrogens (tertiary/aromatic N) is 2. The molecule has 0 aromatic heterocycles. The first kappa shape index (κ1) is 19.8. The molecule has 1 fully saturated rings. The molecular weight excluding hydrogens is 344 g/mol. The number of ether oxygens (including phenoxy) is 3. The zero-order valence-electron chi connectivity index (χ0n) is 16.7. The summed E-state index contributed by atoms with van der Waals surface area (Å²) in [4.78, 5) is 7.14. The van der Waals surface area contributed by atoms with Crippen molar-refractivity contribution in [3.63, 3.8) is 0 Å². The molecule has 0 bridgehead atoms. The first-order valence-electron chi connectivity index (χ1n) is 9.88. The Morgan fingerprint density at radius 2 is 2.11 bits per heavy atom. The van der Waals surface area contributed by atoms with E-state index in [-0.39, 0.29) is 6.10 Å². The third kappa shape index (κ3) is 5.49. The van der Waals surface area contributed by atoms with Crippen LogP contribution in [0.3, 0.4) is 0 Å². The van der Waals surface area contributed by atoms with Crippen molar-refractivity contribution in [1.29, 1.82) is 0 Å². The van der Waals surface area contributed by atoms with Gasteiger partial charge in [-0.1, -0.05) is 0 Å². The van der Waals surface area contributed by atoms with E-state index in [0.29, 0.717) is 6.54 Å². The number of hydrogen-bond donors (Lipinski definition) is 2. The predicted molar refractivity (Wildman–Crippen MR) is 107 cm³/mol. The highest BCUT2D eigenvalue weighted by Gasteiger charge is 2.21. The maximum atomic E-state index is 5.88. The summed E-state index contributed by atoms with van der Waals surface area (Å²) in [5.41, 5.74) is 2.25. The molecule has 1 atom stereocenters. The van der Waals surface area contributed by atoms with E-state index in [1.54, 1.807) is 7.11 Å². The van der Waals surface area contributed by atoms with Crippen LogP contribution in [0.1, 0.15) is 25.0 Å². The average Bonchev–Trinajstić information content (AvgIpc) is 3.05. The fourth-order valence-electron chi connectivity index (χ4n) is 3.46. The van der Waals surface area contributed by atoms with Gasteiger partial charge in [0.05, 0.1) is 26.9 Å². The van der Waals surface area contributed by atoms with Crippen LogP contribution >= 0.6 is 0 Å². The van der Waals surface area contributed by atoms with Crippen LogP contribution in [0.5, 0.6) is 11.5 Å². The molecule has 1 unspecified atom stereocenters. The number of rotatable bonds is 7. The number of benzene rings is 1. The monoisotopic (exact) mass is 376 g/mol. The molecule has 1 saturated heterocycles. The van der Waals surface area contributed by atoms with Crippen LogP contribution in [0.25, 0.3) is 0 Å². The van der Waals surface area contributed by atoms with Crippen LogP contribution in [-0.4, -0.2) is 70.0 Å². The molecule has 7 nitrogen and oxygen atoms in total. The SMILES string of the molecule is CCNC(=NCc1cc2c(cc1OC)CC(C)O2)NCCN1CCOCC1. The molecular formula is C20H32N4O3. The second kappa shape index (κ2) is 9.80. The number of morpholine rings is 1. The minimum Gasteiger partial charge on any atom is -0.496 e. The van der Waals surface area contributed by atoms with Crippen molar-refractivity contribution in [3.8, 4) is 11.5 Å². The smallest absolute Gasteiger partial charge is 0.191 e. The van der Waals surface area contributed by atoms with Crippen molar-refractivity contribution >= 4 is 5.96 Å². The number of nitrogens with one attached hydrogen (secondary N) is 2. The Balaban J connectivity index is 1.59. The Morgan fingerprint density at radius 3 is 2.85 bits per heavy atom. The lowest BCUT2D eigenvalue weighted by Gasteiger charge is -2.26. The molecule has 0 radical (unpaired) electrons. The molecule has 2 aliphatic heterocycles. The molecule has 2 N–H and O–H groups in total. The maximum Gasteiger partial charge on any atom is 0.191 e. The van der Waals surface area contributed by atoms with E-state index in [9.17, 15) is 0 Å². The number of fused-ring (bicyclic) bond motifs is 1. The van der Waals surface area contributed by atoms with E-state index in [1.165, 1.54) is 5.56 Å². The van der Waals surface area contributed by atoms with Crippen molar-refractivity contribution in [1.82, 2.24) is 15.5 Å². The van der Waals surface area contributed by atoms with Gasteiger partial charge < -0.3 is 24.8 Å². The highest BCUT2D eigenvalue weighted by molar-refractivity contribution is 5.79. The zero-order chi connectivity index (χ0) is 19.1. The normalized spacial score (nSPS) is 20.1. The molecule has 1 aromatic rings. The van der Waals surface area contributed by atoms with E-state index in [4.69, 9.17) is 19.2 Å². The summed E-state index contributed by atoms with van der Waals surface area (Å²) in [5, 5.41) is 6.73. The topological polar surface area (TPSA) is 67.4 Å². The summed E-state index contributed by atoms with van der Waals surface area (Å²) in [7, 11) is 1.71. The van der Waals surface area contributed by atoms with E-state index >= 15 is 0 Å². The van der Waals surface area contributed by atoms with Gasteiger partial charge in [-0.25, -0.2) is 4.99 Å². The first-order chi connectivity index (χ1) is 13.2. The van der Waals surface area contributed by atoms with Gasteiger partial charge in [0, 0.05) is 50.3 Å². The lowest BCUT2D eigenvalue weighted by atomic mass is 10.1. The van der Waals surface area contributed by atoms with Crippen LogP contribution in [-0.2, 0) is 17.7 Å². The highest BCUT2D eigenvalue weighted by atomic mass is 16.5. The van der Waals surface area contributed by atoms with Crippen LogP contribution in [0.4, 0.5) is 0 Å². The Labute approximate surface area is 162 Å². The number of hydrogen-bond acceptors (Lipinski definition) is 5. The summed E-state index contributed by atoms with van der Waals surface area (Å²) in [6, 6.07) is 4.15. The average molecular weight is 377 g/mol. The second-order valence-electron chi connectivity index (χ2n) is 6.98. The van der Waals surface area contributed by atoms with Crippen LogP contribution in [0.15, 0.2) is 17.1 Å². The summed E-state index contributed by atoms with van der Waals surface area (Å²) in [6.45, 7) is 11.0.